The highest BCUT2D eigenvalue weighted by Gasteiger charge is 2.20. The molecule has 0 fully saturated rings. The van der Waals surface area contributed by atoms with E-state index in [0.717, 1.165) is 16.4 Å². The predicted octanol–water partition coefficient (Wildman–Crippen LogP) is 9.70. The molecule has 1 unspecified atom stereocenters. The fourth-order valence-corrected chi connectivity index (χ4v) is 4.75. The van der Waals surface area contributed by atoms with Crippen molar-refractivity contribution in [1.29, 1.82) is 5.26 Å². The number of nitrogens with zero attached hydrogens (tertiary/aromatic N) is 2. The van der Waals surface area contributed by atoms with Crippen molar-refractivity contribution >= 4 is 22.4 Å². The first-order valence-corrected chi connectivity index (χ1v) is 16.9. The molecule has 0 amide bonds. The monoisotopic (exact) mass is 607 g/mol. The highest BCUT2D eigenvalue weighted by atomic mass is 32.2. The minimum atomic E-state index is 0.0417. The molecular weight excluding hydrogens is 550 g/mol. The zero-order valence-electron chi connectivity index (χ0n) is 28.3. The van der Waals surface area contributed by atoms with Crippen molar-refractivity contribution in [3.63, 3.8) is 0 Å². The molecule has 0 radical (unpaired) electrons. The highest BCUT2D eigenvalue weighted by Crippen LogP contribution is 2.34. The molecule has 0 bridgehead atoms. The maximum Gasteiger partial charge on any atom is 0.137 e. The van der Waals surface area contributed by atoms with E-state index in [9.17, 15) is 5.26 Å². The summed E-state index contributed by atoms with van der Waals surface area (Å²) in [5.74, 6) is 1.58. The minimum Gasteiger partial charge on any atom is -0.490 e. The number of hydrogen-bond donors (Lipinski definition) is 2. The van der Waals surface area contributed by atoms with Crippen LogP contribution in [0.25, 0.3) is 5.57 Å². The summed E-state index contributed by atoms with van der Waals surface area (Å²) >= 11 is 1.74. The van der Waals surface area contributed by atoms with Crippen LogP contribution in [-0.2, 0) is 12.8 Å². The van der Waals surface area contributed by atoms with Gasteiger partial charge in [0.15, 0.2) is 0 Å². The Morgan fingerprint density at radius 3 is 2.21 bits per heavy atom. The van der Waals surface area contributed by atoms with Gasteiger partial charge in [-0.25, -0.2) is 4.99 Å². The largest absolute Gasteiger partial charge is 0.490 e. The van der Waals surface area contributed by atoms with E-state index in [1.165, 1.54) is 60.8 Å². The lowest BCUT2D eigenvalue weighted by Gasteiger charge is -2.17. The summed E-state index contributed by atoms with van der Waals surface area (Å²) in [4.78, 5) is 4.72. The van der Waals surface area contributed by atoms with E-state index in [-0.39, 0.29) is 18.6 Å². The maximum absolute atomic E-state index is 9.45. The number of fused-ring (bicyclic) bond motifs is 1. The number of benzene rings is 2. The van der Waals surface area contributed by atoms with Gasteiger partial charge in [-0.3, -0.25) is 0 Å². The second-order valence-electron chi connectivity index (χ2n) is 10.5. The molecule has 0 saturated heterocycles. The van der Waals surface area contributed by atoms with Crippen LogP contribution in [0, 0.1) is 17.2 Å². The van der Waals surface area contributed by atoms with Crippen LogP contribution in [0.15, 0.2) is 59.9 Å². The zero-order valence-corrected chi connectivity index (χ0v) is 29.1. The number of aliphatic hydroxyl groups is 1. The van der Waals surface area contributed by atoms with Crippen LogP contribution in [0.1, 0.15) is 116 Å². The van der Waals surface area contributed by atoms with E-state index in [2.05, 4.69) is 58.5 Å². The molecule has 5 nitrogen and oxygen atoms in total. The third-order valence-electron chi connectivity index (χ3n) is 6.31. The van der Waals surface area contributed by atoms with Crippen LogP contribution in [-0.4, -0.2) is 28.6 Å². The van der Waals surface area contributed by atoms with E-state index in [1.54, 1.807) is 11.8 Å². The van der Waals surface area contributed by atoms with E-state index in [0.29, 0.717) is 17.0 Å². The number of rotatable bonds is 7. The molecular formula is C37H57N3O2S. The Balaban J connectivity index is 0.000000921. The van der Waals surface area contributed by atoms with E-state index >= 15 is 0 Å². The molecule has 43 heavy (non-hydrogen) atoms. The Kier molecular flexibility index (Phi) is 21.8. The zero-order chi connectivity index (χ0) is 32.8. The Morgan fingerprint density at radius 1 is 1.09 bits per heavy atom. The third-order valence-corrected chi connectivity index (χ3v) is 7.38. The molecule has 1 aliphatic carbocycles. The number of hydrogen-bond acceptors (Lipinski definition) is 6. The first-order valence-electron chi connectivity index (χ1n) is 15.9. The molecule has 4 rings (SSSR count). The third kappa shape index (κ3) is 14.3. The van der Waals surface area contributed by atoms with E-state index in [4.69, 9.17) is 20.6 Å². The molecule has 0 spiro atoms. The summed E-state index contributed by atoms with van der Waals surface area (Å²) in [6.45, 7) is 21.9. The van der Waals surface area contributed by atoms with Crippen LogP contribution in [0.4, 0.5) is 0 Å². The predicted molar refractivity (Wildman–Crippen MR) is 190 cm³/mol. The van der Waals surface area contributed by atoms with Crippen LogP contribution in [0.2, 0.25) is 0 Å². The van der Waals surface area contributed by atoms with Crippen LogP contribution in [0.3, 0.4) is 0 Å². The maximum atomic E-state index is 9.45. The van der Waals surface area contributed by atoms with Crippen LogP contribution < -0.4 is 10.5 Å². The Labute approximate surface area is 267 Å². The van der Waals surface area contributed by atoms with Gasteiger partial charge in [0.05, 0.1) is 18.3 Å². The normalized spacial score (nSPS) is 13.3. The number of nitriles is 1. The molecule has 1 atom stereocenters. The van der Waals surface area contributed by atoms with Gasteiger partial charge in [-0.05, 0) is 73.6 Å². The summed E-state index contributed by atoms with van der Waals surface area (Å²) < 4.78 is 5.71. The number of unbranched alkanes of at least 4 members (excludes halogenated alkanes) is 1. The number of nitrogens with two attached hydrogens (primary N) is 1. The number of aryl methyl sites for hydroxylation is 1. The molecule has 1 heterocycles. The van der Waals surface area contributed by atoms with Crippen molar-refractivity contribution in [2.75, 3.05) is 12.4 Å². The summed E-state index contributed by atoms with van der Waals surface area (Å²) in [5, 5.41) is 18.8. The van der Waals surface area contributed by atoms with Crippen molar-refractivity contribution in [2.24, 2.45) is 16.6 Å². The summed E-state index contributed by atoms with van der Waals surface area (Å²) in [6, 6.07) is 14.6. The van der Waals surface area contributed by atoms with Crippen LogP contribution in [0.5, 0.6) is 5.75 Å². The summed E-state index contributed by atoms with van der Waals surface area (Å²) in [6.07, 6.45) is 9.56. The Bertz CT molecular complexity index is 1190. The van der Waals surface area contributed by atoms with Gasteiger partial charge in [0, 0.05) is 29.1 Å². The molecule has 2 aliphatic rings. The summed E-state index contributed by atoms with van der Waals surface area (Å²) in [5.41, 5.74) is 12.9. The molecule has 238 valence electrons. The number of aliphatic imine (C=N–C) groups is 1. The van der Waals surface area contributed by atoms with Crippen molar-refractivity contribution in [3.8, 4) is 11.8 Å². The molecule has 6 heteroatoms. The molecule has 0 aromatic heterocycles. The van der Waals surface area contributed by atoms with Gasteiger partial charge >= 0.3 is 0 Å². The number of ether oxygens (including phenoxy) is 1. The first-order chi connectivity index (χ1) is 20.7. The van der Waals surface area contributed by atoms with Crippen molar-refractivity contribution < 1.29 is 9.84 Å². The average Bonchev–Trinajstić information content (AvgIpc) is 3.52. The highest BCUT2D eigenvalue weighted by molar-refractivity contribution is 8.14. The van der Waals surface area contributed by atoms with Gasteiger partial charge in [-0.1, -0.05) is 92.5 Å². The van der Waals surface area contributed by atoms with Gasteiger partial charge in [0.25, 0.3) is 0 Å². The van der Waals surface area contributed by atoms with Crippen molar-refractivity contribution in [3.05, 3.63) is 82.7 Å². The van der Waals surface area contributed by atoms with E-state index < -0.39 is 0 Å². The Morgan fingerprint density at radius 2 is 1.74 bits per heavy atom. The van der Waals surface area contributed by atoms with Gasteiger partial charge in [-0.2, -0.15) is 5.26 Å². The van der Waals surface area contributed by atoms with Crippen molar-refractivity contribution in [2.45, 2.75) is 107 Å². The van der Waals surface area contributed by atoms with Gasteiger partial charge in [0.2, 0.25) is 0 Å². The summed E-state index contributed by atoms with van der Waals surface area (Å²) in [7, 11) is 0. The minimum absolute atomic E-state index is 0.0417. The quantitative estimate of drug-likeness (QED) is 0.327. The van der Waals surface area contributed by atoms with Gasteiger partial charge < -0.3 is 15.6 Å². The van der Waals surface area contributed by atoms with Crippen molar-refractivity contribution in [1.82, 2.24) is 0 Å². The fraction of sp³-hybridized carbons (Fsp3) is 0.514. The second-order valence-corrected chi connectivity index (χ2v) is 11.5. The SMILES string of the molecule is C=C(N)C(C)CO.CC.CC(C)Oc1ccc(C2=NC=C(c3cccc4c3CCC4)CS2)cc1C#N.CCC.CCCC. The number of thioether (sulfide) groups is 1. The second kappa shape index (κ2) is 23.4. The molecule has 0 saturated carbocycles. The van der Waals surface area contributed by atoms with Gasteiger partial charge in [-0.15, -0.1) is 11.8 Å². The van der Waals surface area contributed by atoms with Crippen LogP contribution >= 0.6 is 11.8 Å². The topological polar surface area (TPSA) is 91.6 Å². The standard InChI is InChI=1S/C23H22N2OS.C5H11NO.C4H10.C3H8.C2H6/c1-15(2)26-22-10-9-17(11-18(22)12-24)23-25-13-19(14-27-23)21-8-4-6-16-5-3-7-20(16)21;1-4(3-7)5(2)6;1-3-4-2;1-3-2;1-2/h4,6,8-11,13,15H,3,5,7,14H2,1-2H3;4,7H,2-3,6H2,1H3;3-4H2,1-2H3;3H2,1-2H3;1-2H3. The van der Waals surface area contributed by atoms with E-state index in [1.807, 2.05) is 59.0 Å². The fourth-order valence-electron chi connectivity index (χ4n) is 3.81. The smallest absolute Gasteiger partial charge is 0.137 e. The number of aliphatic hydroxyl groups excluding tert-OH is 1. The van der Waals surface area contributed by atoms with Gasteiger partial charge in [0.1, 0.15) is 16.9 Å². The Hall–Kier alpha value is -3.01. The lowest BCUT2D eigenvalue weighted by molar-refractivity contribution is 0.241. The molecule has 2 aromatic rings. The first kappa shape index (κ1) is 40.0. The molecule has 1 aliphatic heterocycles. The molecule has 2 aromatic carbocycles. The molecule has 3 N–H and O–H groups in total. The average molecular weight is 608 g/mol. The lowest BCUT2D eigenvalue weighted by Crippen LogP contribution is -2.10. The lowest BCUT2D eigenvalue weighted by atomic mass is 9.98.